The van der Waals surface area contributed by atoms with Gasteiger partial charge in [0.2, 0.25) is 0 Å². The van der Waals surface area contributed by atoms with Crippen LogP contribution in [0.4, 0.5) is 0 Å². The molecule has 0 rings (SSSR count). The topological polar surface area (TPSA) is 27.5 Å². The van der Waals surface area contributed by atoms with E-state index in [0.29, 0.717) is 5.06 Å². The normalized spacial score (nSPS) is 13.4. The second-order valence-corrected chi connectivity index (χ2v) is 3.22. The van der Waals surface area contributed by atoms with Gasteiger partial charge >= 0.3 is 0 Å². The van der Waals surface area contributed by atoms with Gasteiger partial charge in [-0.1, -0.05) is 32.6 Å². The Bertz CT molecular complexity index is 74.0. The number of unbranched alkanes of at least 4 members (excludes halogenated alkanes) is 5. The zero-order valence-electron chi connectivity index (χ0n) is 7.86. The number of nitrogens with one attached hydrogen (secondary N) is 1. The molecule has 1 unspecified atom stereocenters. The van der Waals surface area contributed by atoms with Crippen LogP contribution < -0.4 is 5.06 Å². The Labute approximate surface area is 70.2 Å². The van der Waals surface area contributed by atoms with Crippen LogP contribution in [0.15, 0.2) is 0 Å². The quantitative estimate of drug-likeness (QED) is 0.441. The highest BCUT2D eigenvalue weighted by molar-refractivity contribution is 4.42. The van der Waals surface area contributed by atoms with Crippen LogP contribution >= 0.6 is 0 Å². The van der Waals surface area contributed by atoms with E-state index in [1.54, 1.807) is 7.05 Å². The van der Waals surface area contributed by atoms with E-state index < -0.39 is 0 Å². The van der Waals surface area contributed by atoms with Gasteiger partial charge in [-0.05, 0) is 12.8 Å². The van der Waals surface area contributed by atoms with E-state index in [9.17, 15) is 5.21 Å². The zero-order valence-corrected chi connectivity index (χ0v) is 7.86. The van der Waals surface area contributed by atoms with Crippen molar-refractivity contribution in [2.24, 2.45) is 0 Å². The third-order valence-electron chi connectivity index (χ3n) is 1.88. The highest BCUT2D eigenvalue weighted by Crippen LogP contribution is 2.03. The van der Waals surface area contributed by atoms with Crippen molar-refractivity contribution in [1.29, 1.82) is 0 Å². The van der Waals surface area contributed by atoms with Crippen LogP contribution in [0.25, 0.3) is 0 Å². The van der Waals surface area contributed by atoms with Gasteiger partial charge in [0.1, 0.15) is 0 Å². The van der Waals surface area contributed by atoms with Crippen molar-refractivity contribution in [3.63, 3.8) is 0 Å². The van der Waals surface area contributed by atoms with Gasteiger partial charge in [-0.3, -0.25) is 0 Å². The molecule has 2 nitrogen and oxygen atoms in total. The average Bonchev–Trinajstić information content (AvgIpc) is 1.96. The molecule has 2 heteroatoms. The second kappa shape index (κ2) is 8.02. The largest absolute Gasteiger partial charge is 0.634 e. The molecular formula is C9H21NO. The molecule has 0 amide bonds. The van der Waals surface area contributed by atoms with Crippen molar-refractivity contribution in [3.8, 4) is 0 Å². The van der Waals surface area contributed by atoms with E-state index in [-0.39, 0.29) is 0 Å². The van der Waals surface area contributed by atoms with Gasteiger partial charge in [-0.25, -0.2) is 0 Å². The first-order valence-electron chi connectivity index (χ1n) is 4.76. The molecule has 0 aromatic rings. The summed E-state index contributed by atoms with van der Waals surface area (Å²) in [6.07, 6.45) is 7.63. The van der Waals surface area contributed by atoms with Crippen LogP contribution in [0, 0.1) is 5.21 Å². The van der Waals surface area contributed by atoms with Crippen LogP contribution in [0.5, 0.6) is 0 Å². The van der Waals surface area contributed by atoms with Crippen molar-refractivity contribution < 1.29 is 5.06 Å². The van der Waals surface area contributed by atoms with E-state index in [1.807, 2.05) is 0 Å². The van der Waals surface area contributed by atoms with Crippen LogP contribution in [0.1, 0.15) is 45.4 Å². The summed E-state index contributed by atoms with van der Waals surface area (Å²) in [5, 5.41) is 10.9. The van der Waals surface area contributed by atoms with Crippen LogP contribution in [-0.2, 0) is 0 Å². The maximum Gasteiger partial charge on any atom is 0.0766 e. The molecule has 1 N–H and O–H groups in total. The Morgan fingerprint density at radius 1 is 1.00 bits per heavy atom. The standard InChI is InChI=1S/C9H21NO/c1-3-4-5-6-7-8-9-10(2)11/h10H,3-9H2,1-2H3. The fourth-order valence-electron chi connectivity index (χ4n) is 1.15. The van der Waals surface area contributed by atoms with Crippen molar-refractivity contribution in [1.82, 2.24) is 0 Å². The first-order chi connectivity index (χ1) is 5.27. The van der Waals surface area contributed by atoms with E-state index in [1.165, 1.54) is 32.1 Å². The molecule has 0 spiro atoms. The van der Waals surface area contributed by atoms with Crippen molar-refractivity contribution in [3.05, 3.63) is 5.21 Å². The van der Waals surface area contributed by atoms with E-state index in [0.717, 1.165) is 13.0 Å². The zero-order chi connectivity index (χ0) is 8.53. The number of quaternary nitrogens is 1. The summed E-state index contributed by atoms with van der Waals surface area (Å²) >= 11 is 0. The van der Waals surface area contributed by atoms with Gasteiger partial charge in [0.25, 0.3) is 0 Å². The van der Waals surface area contributed by atoms with E-state index in [4.69, 9.17) is 0 Å². The first-order valence-corrected chi connectivity index (χ1v) is 4.76. The molecular weight excluding hydrogens is 138 g/mol. The first kappa shape index (κ1) is 10.9. The van der Waals surface area contributed by atoms with Gasteiger partial charge in [0, 0.05) is 0 Å². The second-order valence-electron chi connectivity index (χ2n) is 3.22. The number of hydroxylamine groups is 2. The Hall–Kier alpha value is -0.0800. The Kier molecular flexibility index (Phi) is 7.96. The molecule has 0 fully saturated rings. The highest BCUT2D eigenvalue weighted by Gasteiger charge is 1.91. The summed E-state index contributed by atoms with van der Waals surface area (Å²) in [5.74, 6) is 0. The molecule has 0 aliphatic carbocycles. The van der Waals surface area contributed by atoms with Gasteiger partial charge in [0.15, 0.2) is 0 Å². The van der Waals surface area contributed by atoms with E-state index >= 15 is 0 Å². The van der Waals surface area contributed by atoms with Gasteiger partial charge < -0.3 is 10.3 Å². The van der Waals surface area contributed by atoms with Crippen LogP contribution in [0.3, 0.4) is 0 Å². The molecule has 0 aliphatic rings. The smallest absolute Gasteiger partial charge is 0.0766 e. The molecule has 0 aromatic carbocycles. The van der Waals surface area contributed by atoms with Crippen molar-refractivity contribution in [2.75, 3.05) is 13.6 Å². The van der Waals surface area contributed by atoms with Gasteiger partial charge in [-0.15, -0.1) is 0 Å². The molecule has 11 heavy (non-hydrogen) atoms. The molecule has 0 aliphatic heterocycles. The number of hydrogen-bond donors (Lipinski definition) is 1. The number of rotatable bonds is 7. The summed E-state index contributed by atoms with van der Waals surface area (Å²) in [6.45, 7) is 3.00. The van der Waals surface area contributed by atoms with E-state index in [2.05, 4.69) is 6.92 Å². The van der Waals surface area contributed by atoms with Gasteiger partial charge in [-0.2, -0.15) is 0 Å². The molecule has 0 saturated heterocycles. The lowest BCUT2D eigenvalue weighted by atomic mass is 10.1. The third kappa shape index (κ3) is 9.92. The molecule has 0 radical (unpaired) electrons. The average molecular weight is 159 g/mol. The monoisotopic (exact) mass is 159 g/mol. The summed E-state index contributed by atoms with van der Waals surface area (Å²) < 4.78 is 0. The van der Waals surface area contributed by atoms with Crippen molar-refractivity contribution >= 4 is 0 Å². The molecule has 0 aromatic heterocycles. The van der Waals surface area contributed by atoms with Crippen LogP contribution in [0.2, 0.25) is 0 Å². The predicted octanol–water partition coefficient (Wildman–Crippen LogP) is 1.36. The minimum Gasteiger partial charge on any atom is -0.634 e. The predicted molar refractivity (Wildman–Crippen MR) is 48.5 cm³/mol. The number of hydrogen-bond acceptors (Lipinski definition) is 1. The fraction of sp³-hybridized carbons (Fsp3) is 1.00. The third-order valence-corrected chi connectivity index (χ3v) is 1.88. The molecule has 0 heterocycles. The molecule has 0 bridgehead atoms. The SMILES string of the molecule is CCCCCCCC[NH+](C)[O-]. The molecule has 0 saturated carbocycles. The lowest BCUT2D eigenvalue weighted by Crippen LogP contribution is -3.03. The minimum atomic E-state index is 0.334. The summed E-state index contributed by atoms with van der Waals surface area (Å²) in [5.41, 5.74) is 0. The Morgan fingerprint density at radius 2 is 1.55 bits per heavy atom. The molecule has 68 valence electrons. The van der Waals surface area contributed by atoms with Crippen molar-refractivity contribution in [2.45, 2.75) is 45.4 Å². The summed E-state index contributed by atoms with van der Waals surface area (Å²) in [7, 11) is 1.67. The molecule has 1 atom stereocenters. The fourth-order valence-corrected chi connectivity index (χ4v) is 1.15. The minimum absolute atomic E-state index is 0.334. The summed E-state index contributed by atoms with van der Waals surface area (Å²) in [4.78, 5) is 0. The Balaban J connectivity index is 2.80. The maximum atomic E-state index is 10.5. The summed E-state index contributed by atoms with van der Waals surface area (Å²) in [6, 6.07) is 0. The Morgan fingerprint density at radius 3 is 2.09 bits per heavy atom. The lowest BCUT2D eigenvalue weighted by molar-refractivity contribution is -0.826. The highest BCUT2D eigenvalue weighted by atomic mass is 16.5. The van der Waals surface area contributed by atoms with Crippen LogP contribution in [-0.4, -0.2) is 13.6 Å². The maximum absolute atomic E-state index is 10.5. The lowest BCUT2D eigenvalue weighted by Gasteiger charge is -2.15. The van der Waals surface area contributed by atoms with Gasteiger partial charge in [0.05, 0.1) is 13.6 Å².